The molecule has 0 aliphatic carbocycles. The van der Waals surface area contributed by atoms with E-state index in [1.54, 1.807) is 0 Å². The highest BCUT2D eigenvalue weighted by Crippen LogP contribution is 2.02. The van der Waals surface area contributed by atoms with Crippen molar-refractivity contribution in [3.8, 4) is 0 Å². The maximum Gasteiger partial charge on any atom is 0.194 e. The third-order valence-electron chi connectivity index (χ3n) is 2.90. The lowest BCUT2D eigenvalue weighted by atomic mass is 10.1. The summed E-state index contributed by atoms with van der Waals surface area (Å²) in [5.74, 6) is 0.928. The maximum absolute atomic E-state index is 4.66. The Bertz CT molecular complexity index is 443. The quantitative estimate of drug-likeness (QED) is 0.470. The van der Waals surface area contributed by atoms with Gasteiger partial charge in [0.2, 0.25) is 0 Å². The van der Waals surface area contributed by atoms with E-state index in [1.807, 2.05) is 31.2 Å². The van der Waals surface area contributed by atoms with Crippen molar-refractivity contribution in [2.24, 2.45) is 12.0 Å². The van der Waals surface area contributed by atoms with E-state index < -0.39 is 0 Å². The average molecular weight is 294 g/mol. The molecule has 6 heteroatoms. The number of nitrogens with one attached hydrogen (secondary N) is 2. The summed E-state index contributed by atoms with van der Waals surface area (Å²) in [6.07, 6.45) is 3.92. The van der Waals surface area contributed by atoms with Gasteiger partial charge in [-0.3, -0.25) is 9.67 Å². The minimum atomic E-state index is 0.134. The predicted octanol–water partition coefficient (Wildman–Crippen LogP) is 1.21. The minimum Gasteiger partial charge on any atom is -0.357 e. The monoisotopic (exact) mass is 294 g/mol. The number of hydrogen-bond donors (Lipinski definition) is 2. The summed E-state index contributed by atoms with van der Waals surface area (Å²) in [5, 5.41) is 11.0. The fourth-order valence-electron chi connectivity index (χ4n) is 1.96. The molecule has 0 aliphatic rings. The van der Waals surface area contributed by atoms with Gasteiger partial charge >= 0.3 is 0 Å². The topological polar surface area (TPSA) is 57.5 Å². The first-order valence-corrected chi connectivity index (χ1v) is 7.54. The average Bonchev–Trinajstić information content (AvgIpc) is 2.77. The summed E-state index contributed by atoms with van der Waals surface area (Å²) in [6, 6.07) is 0. The summed E-state index contributed by atoms with van der Waals surface area (Å²) >= 11 is 0. The second kappa shape index (κ2) is 8.02. The normalized spacial score (nSPS) is 12.6. The molecule has 21 heavy (non-hydrogen) atoms. The van der Waals surface area contributed by atoms with E-state index in [1.165, 1.54) is 5.56 Å². The molecule has 0 spiro atoms. The highest BCUT2D eigenvalue weighted by atomic mass is 15.3. The van der Waals surface area contributed by atoms with Crippen LogP contribution in [0.3, 0.4) is 0 Å². The molecule has 1 rings (SSSR count). The van der Waals surface area contributed by atoms with Crippen LogP contribution in [0.25, 0.3) is 0 Å². The molecule has 0 radical (unpaired) electrons. The fourth-order valence-corrected chi connectivity index (χ4v) is 1.96. The molecule has 0 amide bonds. The third-order valence-corrected chi connectivity index (χ3v) is 2.90. The van der Waals surface area contributed by atoms with Crippen molar-refractivity contribution in [2.75, 3.05) is 26.7 Å². The highest BCUT2D eigenvalue weighted by molar-refractivity contribution is 5.79. The first-order chi connectivity index (χ1) is 9.81. The lowest BCUT2D eigenvalue weighted by Crippen LogP contribution is -2.40. The molecule has 0 aromatic carbocycles. The van der Waals surface area contributed by atoms with E-state index >= 15 is 0 Å². The number of rotatable bonds is 6. The van der Waals surface area contributed by atoms with Crippen LogP contribution in [0.4, 0.5) is 0 Å². The number of guanidine groups is 1. The maximum atomic E-state index is 4.66. The molecule has 6 nitrogen and oxygen atoms in total. The van der Waals surface area contributed by atoms with E-state index in [2.05, 4.69) is 53.3 Å². The zero-order chi connectivity index (χ0) is 15.9. The molecule has 0 atom stereocenters. The number of nitrogens with zero attached hydrogens (tertiary/aromatic N) is 4. The molecule has 0 fully saturated rings. The van der Waals surface area contributed by atoms with Crippen LogP contribution < -0.4 is 10.6 Å². The van der Waals surface area contributed by atoms with Gasteiger partial charge in [-0.2, -0.15) is 5.10 Å². The number of hydrogen-bond acceptors (Lipinski definition) is 3. The van der Waals surface area contributed by atoms with Crippen molar-refractivity contribution in [1.29, 1.82) is 0 Å². The fraction of sp³-hybridized carbons (Fsp3) is 0.733. The Morgan fingerprint density at radius 3 is 2.67 bits per heavy atom. The lowest BCUT2D eigenvalue weighted by Gasteiger charge is -2.22. The lowest BCUT2D eigenvalue weighted by molar-refractivity contribution is 0.430. The van der Waals surface area contributed by atoms with E-state index in [0.29, 0.717) is 0 Å². The molecule has 2 N–H and O–H groups in total. The van der Waals surface area contributed by atoms with Gasteiger partial charge in [0.25, 0.3) is 0 Å². The van der Waals surface area contributed by atoms with Crippen molar-refractivity contribution in [3.05, 3.63) is 18.0 Å². The largest absolute Gasteiger partial charge is 0.357 e. The summed E-state index contributed by atoms with van der Waals surface area (Å²) in [5.41, 5.74) is 1.31. The van der Waals surface area contributed by atoms with Gasteiger partial charge in [-0.15, -0.1) is 0 Å². The van der Waals surface area contributed by atoms with Gasteiger partial charge < -0.3 is 15.5 Å². The smallest absolute Gasteiger partial charge is 0.194 e. The third kappa shape index (κ3) is 7.13. The standard InChI is InChI=1S/C15H30N6/c1-7-16-14(17-8-9-18-15(2,3)4)20(5)11-13-10-19-21(6)12-13/h10,12,18H,7-9,11H2,1-6H3,(H,16,17). The molecule has 1 aromatic heterocycles. The molecule has 0 saturated carbocycles. The SMILES string of the molecule is CCNC(=NCCNC(C)(C)C)N(C)Cc1cnn(C)c1. The van der Waals surface area contributed by atoms with Gasteiger partial charge in [-0.05, 0) is 27.7 Å². The van der Waals surface area contributed by atoms with Gasteiger partial charge in [0, 0.05) is 51.0 Å². The van der Waals surface area contributed by atoms with Crippen LogP contribution in [-0.4, -0.2) is 52.9 Å². The van der Waals surface area contributed by atoms with Crippen LogP contribution in [0, 0.1) is 0 Å². The Hall–Kier alpha value is -1.56. The molecule has 0 unspecified atom stereocenters. The minimum absolute atomic E-state index is 0.134. The summed E-state index contributed by atoms with van der Waals surface area (Å²) < 4.78 is 1.82. The van der Waals surface area contributed by atoms with E-state index in [-0.39, 0.29) is 5.54 Å². The van der Waals surface area contributed by atoms with E-state index in [9.17, 15) is 0 Å². The second-order valence-electron chi connectivity index (χ2n) is 6.29. The number of aryl methyl sites for hydroxylation is 1. The Morgan fingerprint density at radius 2 is 2.14 bits per heavy atom. The van der Waals surface area contributed by atoms with Crippen LogP contribution in [0.2, 0.25) is 0 Å². The Labute approximate surface area is 128 Å². The molecular formula is C15H30N6. The highest BCUT2D eigenvalue weighted by Gasteiger charge is 2.09. The first kappa shape index (κ1) is 17.5. The van der Waals surface area contributed by atoms with Crippen molar-refractivity contribution in [1.82, 2.24) is 25.3 Å². The molecular weight excluding hydrogens is 264 g/mol. The first-order valence-electron chi connectivity index (χ1n) is 7.54. The van der Waals surface area contributed by atoms with E-state index in [4.69, 9.17) is 0 Å². The van der Waals surface area contributed by atoms with Crippen LogP contribution in [0.5, 0.6) is 0 Å². The van der Waals surface area contributed by atoms with Crippen LogP contribution in [0.15, 0.2) is 17.4 Å². The molecule has 0 bridgehead atoms. The Morgan fingerprint density at radius 1 is 1.43 bits per heavy atom. The molecule has 1 heterocycles. The molecule has 120 valence electrons. The van der Waals surface area contributed by atoms with Gasteiger partial charge in [-0.25, -0.2) is 0 Å². The molecule has 0 aliphatic heterocycles. The van der Waals surface area contributed by atoms with Gasteiger partial charge in [0.1, 0.15) is 0 Å². The Kier molecular flexibility index (Phi) is 6.68. The summed E-state index contributed by atoms with van der Waals surface area (Å²) in [4.78, 5) is 6.78. The Balaban J connectivity index is 2.54. The van der Waals surface area contributed by atoms with Crippen molar-refractivity contribution in [2.45, 2.75) is 39.8 Å². The second-order valence-corrected chi connectivity index (χ2v) is 6.29. The summed E-state index contributed by atoms with van der Waals surface area (Å²) in [7, 11) is 3.98. The van der Waals surface area contributed by atoms with Gasteiger partial charge in [0.05, 0.1) is 12.7 Å². The van der Waals surface area contributed by atoms with Gasteiger partial charge in [-0.1, -0.05) is 0 Å². The van der Waals surface area contributed by atoms with Crippen LogP contribution in [-0.2, 0) is 13.6 Å². The van der Waals surface area contributed by atoms with Crippen LogP contribution in [0.1, 0.15) is 33.3 Å². The molecule has 0 saturated heterocycles. The zero-order valence-electron chi connectivity index (χ0n) is 14.3. The zero-order valence-corrected chi connectivity index (χ0v) is 14.3. The van der Waals surface area contributed by atoms with Crippen LogP contribution >= 0.6 is 0 Å². The predicted molar refractivity (Wildman–Crippen MR) is 88.4 cm³/mol. The van der Waals surface area contributed by atoms with Gasteiger partial charge in [0.15, 0.2) is 5.96 Å². The van der Waals surface area contributed by atoms with Crippen molar-refractivity contribution >= 4 is 5.96 Å². The van der Waals surface area contributed by atoms with E-state index in [0.717, 1.165) is 32.1 Å². The summed E-state index contributed by atoms with van der Waals surface area (Å²) in [6.45, 7) is 11.9. The van der Waals surface area contributed by atoms with Crippen molar-refractivity contribution in [3.63, 3.8) is 0 Å². The molecule has 1 aromatic rings. The van der Waals surface area contributed by atoms with Crippen molar-refractivity contribution < 1.29 is 0 Å². The number of aromatic nitrogens is 2. The number of aliphatic imine (C=N–C) groups is 1.